The first-order valence-electron chi connectivity index (χ1n) is 16.9. The van der Waals surface area contributed by atoms with Crippen LogP contribution in [0.5, 0.6) is 0 Å². The molecule has 0 radical (unpaired) electrons. The van der Waals surface area contributed by atoms with Crippen molar-refractivity contribution in [1.29, 1.82) is 0 Å². The number of benzene rings is 8. The molecule has 0 aliphatic carbocycles. The van der Waals surface area contributed by atoms with Crippen LogP contribution in [0.3, 0.4) is 0 Å². The van der Waals surface area contributed by atoms with E-state index in [0.717, 1.165) is 44.3 Å². The van der Waals surface area contributed by atoms with Gasteiger partial charge in [-0.3, -0.25) is 0 Å². The van der Waals surface area contributed by atoms with E-state index in [1.165, 1.54) is 27.3 Å². The number of nitrogens with zero attached hydrogens (tertiary/aromatic N) is 3. The van der Waals surface area contributed by atoms with Crippen LogP contribution in [0.15, 0.2) is 188 Å². The first-order valence-corrected chi connectivity index (χ1v) is 16.9. The largest absolute Gasteiger partial charge is 0.208 e. The summed E-state index contributed by atoms with van der Waals surface area (Å²) in [5, 5.41) is 4.83. The van der Waals surface area contributed by atoms with Crippen LogP contribution in [0.4, 0.5) is 0 Å². The maximum Gasteiger partial charge on any atom is 0.164 e. The Morgan fingerprint density at radius 2 is 0.620 bits per heavy atom. The molecule has 0 aliphatic rings. The minimum Gasteiger partial charge on any atom is -0.208 e. The fraction of sp³-hybridized carbons (Fsp3) is 0. The van der Waals surface area contributed by atoms with Gasteiger partial charge in [-0.05, 0) is 67.1 Å². The predicted molar refractivity (Wildman–Crippen MR) is 207 cm³/mol. The van der Waals surface area contributed by atoms with Crippen molar-refractivity contribution >= 4 is 21.5 Å². The Balaban J connectivity index is 1.12. The van der Waals surface area contributed by atoms with E-state index in [-0.39, 0.29) is 0 Å². The van der Waals surface area contributed by atoms with Gasteiger partial charge in [0.25, 0.3) is 0 Å². The molecule has 9 aromatic rings. The van der Waals surface area contributed by atoms with Gasteiger partial charge in [-0.2, -0.15) is 0 Å². The molecule has 1 aromatic heterocycles. The minimum atomic E-state index is 0.639. The van der Waals surface area contributed by atoms with Crippen molar-refractivity contribution in [3.63, 3.8) is 0 Å². The van der Waals surface area contributed by atoms with Gasteiger partial charge in [-0.1, -0.05) is 176 Å². The second kappa shape index (κ2) is 12.7. The van der Waals surface area contributed by atoms with Crippen molar-refractivity contribution in [2.24, 2.45) is 0 Å². The molecule has 0 amide bonds. The van der Waals surface area contributed by atoms with Gasteiger partial charge in [0.1, 0.15) is 0 Å². The summed E-state index contributed by atoms with van der Waals surface area (Å²) in [6.07, 6.45) is 0. The van der Waals surface area contributed by atoms with Gasteiger partial charge < -0.3 is 0 Å². The first-order chi connectivity index (χ1) is 24.7. The minimum absolute atomic E-state index is 0.639. The van der Waals surface area contributed by atoms with Gasteiger partial charge in [0, 0.05) is 16.7 Å². The molecule has 0 fully saturated rings. The number of hydrogen-bond acceptors (Lipinski definition) is 3. The van der Waals surface area contributed by atoms with Crippen LogP contribution in [0, 0.1) is 0 Å². The zero-order chi connectivity index (χ0) is 33.3. The molecule has 0 saturated heterocycles. The number of rotatable bonds is 6. The Kier molecular flexibility index (Phi) is 7.49. The average molecular weight is 638 g/mol. The summed E-state index contributed by atoms with van der Waals surface area (Å²) < 4.78 is 0. The van der Waals surface area contributed by atoms with Crippen LogP contribution >= 0.6 is 0 Å². The third kappa shape index (κ3) is 5.72. The summed E-state index contributed by atoms with van der Waals surface area (Å²) >= 11 is 0. The fourth-order valence-corrected chi connectivity index (χ4v) is 6.68. The highest BCUT2D eigenvalue weighted by atomic mass is 15.0. The summed E-state index contributed by atoms with van der Waals surface area (Å²) in [7, 11) is 0. The molecule has 0 N–H and O–H groups in total. The van der Waals surface area contributed by atoms with Gasteiger partial charge in [0.15, 0.2) is 17.5 Å². The molecule has 0 aliphatic heterocycles. The lowest BCUT2D eigenvalue weighted by Gasteiger charge is -2.11. The molecule has 50 heavy (non-hydrogen) atoms. The Hall–Kier alpha value is -6.71. The van der Waals surface area contributed by atoms with Crippen LogP contribution in [-0.2, 0) is 0 Å². The van der Waals surface area contributed by atoms with E-state index in [2.05, 4.69) is 176 Å². The third-order valence-electron chi connectivity index (χ3n) is 9.33. The normalized spacial score (nSPS) is 11.2. The lowest BCUT2D eigenvalue weighted by atomic mass is 9.99. The average Bonchev–Trinajstić information content (AvgIpc) is 3.21. The van der Waals surface area contributed by atoms with Crippen molar-refractivity contribution in [2.45, 2.75) is 0 Å². The molecule has 0 saturated carbocycles. The molecule has 234 valence electrons. The molecule has 3 nitrogen and oxygen atoms in total. The molecule has 0 unspecified atom stereocenters. The Labute approximate surface area is 291 Å². The maximum atomic E-state index is 5.08. The van der Waals surface area contributed by atoms with E-state index in [4.69, 9.17) is 15.0 Å². The summed E-state index contributed by atoms with van der Waals surface area (Å²) in [4.78, 5) is 15.2. The van der Waals surface area contributed by atoms with E-state index in [1.54, 1.807) is 0 Å². The molecule has 0 atom stereocenters. The van der Waals surface area contributed by atoms with E-state index in [0.29, 0.717) is 17.5 Å². The molecule has 8 aromatic carbocycles. The fourth-order valence-electron chi connectivity index (χ4n) is 6.68. The lowest BCUT2D eigenvalue weighted by Crippen LogP contribution is -2.00. The highest BCUT2D eigenvalue weighted by Gasteiger charge is 2.14. The highest BCUT2D eigenvalue weighted by Crippen LogP contribution is 2.32. The van der Waals surface area contributed by atoms with Gasteiger partial charge in [0.2, 0.25) is 0 Å². The van der Waals surface area contributed by atoms with Gasteiger partial charge in [-0.25, -0.2) is 15.0 Å². The van der Waals surface area contributed by atoms with Crippen LogP contribution in [0.25, 0.3) is 89.1 Å². The zero-order valence-electron chi connectivity index (χ0n) is 27.2. The SMILES string of the molecule is c1ccc(-c2ccc(-c3ccc(-c4nc(-c5cccc(-c6ccccc6)c5)nc(-c5ccc6c(ccc7ccccc76)c5)n4)cc3)cc2)cc1. The van der Waals surface area contributed by atoms with Gasteiger partial charge >= 0.3 is 0 Å². The van der Waals surface area contributed by atoms with Crippen molar-refractivity contribution in [3.05, 3.63) is 188 Å². The molecular formula is C47H31N3. The van der Waals surface area contributed by atoms with Crippen LogP contribution in [-0.4, -0.2) is 15.0 Å². The van der Waals surface area contributed by atoms with Crippen molar-refractivity contribution in [1.82, 2.24) is 15.0 Å². The number of hydrogen-bond donors (Lipinski definition) is 0. The Morgan fingerprint density at radius 1 is 0.220 bits per heavy atom. The van der Waals surface area contributed by atoms with Crippen LogP contribution in [0.2, 0.25) is 0 Å². The molecule has 1 heterocycles. The van der Waals surface area contributed by atoms with Crippen LogP contribution in [0.1, 0.15) is 0 Å². The number of aromatic nitrogens is 3. The van der Waals surface area contributed by atoms with E-state index in [9.17, 15) is 0 Å². The summed E-state index contributed by atoms with van der Waals surface area (Å²) in [6, 6.07) is 65.9. The molecule has 3 heteroatoms. The Morgan fingerprint density at radius 3 is 1.26 bits per heavy atom. The first kappa shape index (κ1) is 29.4. The Bertz CT molecular complexity index is 2610. The molecule has 0 bridgehead atoms. The topological polar surface area (TPSA) is 38.7 Å². The molecular weight excluding hydrogens is 607 g/mol. The molecule has 9 rings (SSSR count). The maximum absolute atomic E-state index is 5.08. The van der Waals surface area contributed by atoms with E-state index < -0.39 is 0 Å². The second-order valence-electron chi connectivity index (χ2n) is 12.5. The lowest BCUT2D eigenvalue weighted by molar-refractivity contribution is 1.07. The van der Waals surface area contributed by atoms with Gasteiger partial charge in [0.05, 0.1) is 0 Å². The van der Waals surface area contributed by atoms with Crippen LogP contribution < -0.4 is 0 Å². The van der Waals surface area contributed by atoms with Crippen molar-refractivity contribution in [2.75, 3.05) is 0 Å². The van der Waals surface area contributed by atoms with Crippen molar-refractivity contribution < 1.29 is 0 Å². The second-order valence-corrected chi connectivity index (χ2v) is 12.5. The smallest absolute Gasteiger partial charge is 0.164 e. The third-order valence-corrected chi connectivity index (χ3v) is 9.33. The van der Waals surface area contributed by atoms with E-state index in [1.807, 2.05) is 12.1 Å². The summed E-state index contributed by atoms with van der Waals surface area (Å²) in [5.41, 5.74) is 9.81. The van der Waals surface area contributed by atoms with E-state index >= 15 is 0 Å². The molecule has 0 spiro atoms. The highest BCUT2D eigenvalue weighted by molar-refractivity contribution is 6.08. The summed E-state index contributed by atoms with van der Waals surface area (Å²) in [6.45, 7) is 0. The van der Waals surface area contributed by atoms with Crippen molar-refractivity contribution in [3.8, 4) is 67.5 Å². The quantitative estimate of drug-likeness (QED) is 0.170. The standard InChI is InChI=1S/C47H31N3/c1-3-10-32(11-4-1)34-18-20-35(21-19-34)36-22-25-38(26-23-36)45-48-46(41-16-9-15-39(30-41)33-12-5-2-6-13-33)50-47(49-45)42-28-29-44-40(31-42)27-24-37-14-7-8-17-43(37)44/h1-31H. The van der Waals surface area contributed by atoms with Gasteiger partial charge in [-0.15, -0.1) is 0 Å². The zero-order valence-corrected chi connectivity index (χ0v) is 27.2. The predicted octanol–water partition coefficient (Wildman–Crippen LogP) is 12.2. The monoisotopic (exact) mass is 637 g/mol. The number of fused-ring (bicyclic) bond motifs is 3. The summed E-state index contributed by atoms with van der Waals surface area (Å²) in [5.74, 6) is 1.92.